The number of nitrogens with zero attached hydrogens (tertiary/aromatic N) is 1. The molecule has 0 bridgehead atoms. The molecule has 2 amide bonds. The molecule has 140 valence electrons. The number of amides is 2. The Morgan fingerprint density at radius 3 is 2.56 bits per heavy atom. The Bertz CT molecular complexity index is 874. The molecule has 0 aliphatic heterocycles. The van der Waals surface area contributed by atoms with Crippen molar-refractivity contribution in [3.8, 4) is 0 Å². The van der Waals surface area contributed by atoms with Crippen LogP contribution in [0.25, 0.3) is 0 Å². The normalized spacial score (nSPS) is 13.1. The van der Waals surface area contributed by atoms with E-state index < -0.39 is 5.97 Å². The predicted octanol–water partition coefficient (Wildman–Crippen LogP) is 3.33. The second kappa shape index (κ2) is 8.03. The molecule has 0 atom stereocenters. The van der Waals surface area contributed by atoms with Gasteiger partial charge in [0.05, 0.1) is 11.3 Å². The van der Waals surface area contributed by atoms with Gasteiger partial charge in [-0.3, -0.25) is 14.4 Å². The first-order valence-electron chi connectivity index (χ1n) is 8.94. The first-order valence-corrected chi connectivity index (χ1v) is 8.94. The molecule has 6 heteroatoms. The van der Waals surface area contributed by atoms with Gasteiger partial charge in [-0.05, 0) is 49.1 Å². The molecule has 2 aromatic rings. The van der Waals surface area contributed by atoms with Gasteiger partial charge in [-0.2, -0.15) is 0 Å². The first kappa shape index (κ1) is 18.6. The number of hydrogen-bond acceptors (Lipinski definition) is 3. The number of hydrogen-bond donors (Lipinski definition) is 2. The van der Waals surface area contributed by atoms with Gasteiger partial charge >= 0.3 is 5.97 Å². The van der Waals surface area contributed by atoms with Gasteiger partial charge < -0.3 is 15.3 Å². The lowest BCUT2D eigenvalue weighted by Gasteiger charge is -2.20. The minimum absolute atomic E-state index is 0.0333. The van der Waals surface area contributed by atoms with Crippen LogP contribution in [0.2, 0.25) is 0 Å². The van der Waals surface area contributed by atoms with Crippen molar-refractivity contribution in [2.24, 2.45) is 5.92 Å². The zero-order valence-electron chi connectivity index (χ0n) is 15.1. The lowest BCUT2D eigenvalue weighted by atomic mass is 10.1. The highest BCUT2D eigenvalue weighted by atomic mass is 16.4. The second-order valence-corrected chi connectivity index (χ2v) is 6.74. The lowest BCUT2D eigenvalue weighted by Crippen LogP contribution is -2.29. The van der Waals surface area contributed by atoms with Gasteiger partial charge in [0, 0.05) is 25.1 Å². The molecule has 6 nitrogen and oxygen atoms in total. The van der Waals surface area contributed by atoms with Crippen molar-refractivity contribution in [3.05, 3.63) is 59.7 Å². The summed E-state index contributed by atoms with van der Waals surface area (Å²) in [7, 11) is 1.69. The fraction of sp³-hybridized carbons (Fsp3) is 0.286. The van der Waals surface area contributed by atoms with Crippen LogP contribution in [0.15, 0.2) is 48.5 Å². The molecule has 1 aliphatic carbocycles. The van der Waals surface area contributed by atoms with Crippen molar-refractivity contribution in [2.75, 3.05) is 17.3 Å². The van der Waals surface area contributed by atoms with E-state index in [1.165, 1.54) is 0 Å². The van der Waals surface area contributed by atoms with E-state index in [2.05, 4.69) is 5.32 Å². The number of benzene rings is 2. The summed E-state index contributed by atoms with van der Waals surface area (Å²) in [5.41, 5.74) is 2.43. The molecule has 0 radical (unpaired) electrons. The van der Waals surface area contributed by atoms with Gasteiger partial charge in [0.1, 0.15) is 0 Å². The summed E-state index contributed by atoms with van der Waals surface area (Å²) >= 11 is 0. The van der Waals surface area contributed by atoms with Crippen LogP contribution in [0.5, 0.6) is 0 Å². The van der Waals surface area contributed by atoms with E-state index >= 15 is 0 Å². The number of nitrogens with one attached hydrogen (secondary N) is 1. The highest BCUT2D eigenvalue weighted by Gasteiger charge is 2.33. The molecule has 0 aromatic heterocycles. The van der Waals surface area contributed by atoms with E-state index in [1.807, 2.05) is 6.07 Å². The van der Waals surface area contributed by atoms with Gasteiger partial charge in [0.15, 0.2) is 0 Å². The quantitative estimate of drug-likeness (QED) is 0.787. The van der Waals surface area contributed by atoms with Crippen molar-refractivity contribution >= 4 is 29.2 Å². The van der Waals surface area contributed by atoms with Crippen molar-refractivity contribution < 1.29 is 19.5 Å². The van der Waals surface area contributed by atoms with Gasteiger partial charge in [-0.15, -0.1) is 0 Å². The molecule has 0 unspecified atom stereocenters. The average molecular weight is 366 g/mol. The summed E-state index contributed by atoms with van der Waals surface area (Å²) < 4.78 is 0. The molecule has 0 saturated heterocycles. The Hall–Kier alpha value is -3.15. The van der Waals surface area contributed by atoms with E-state index in [1.54, 1.807) is 54.4 Å². The van der Waals surface area contributed by atoms with Crippen LogP contribution in [0.1, 0.15) is 35.2 Å². The van der Waals surface area contributed by atoms with Gasteiger partial charge in [0.2, 0.25) is 5.91 Å². The first-order chi connectivity index (χ1) is 13.0. The molecular weight excluding hydrogens is 344 g/mol. The Labute approximate surface area is 157 Å². The van der Waals surface area contributed by atoms with Crippen LogP contribution in [0.3, 0.4) is 0 Å². The molecule has 2 aromatic carbocycles. The standard InChI is InChI=1S/C21H22N2O4/c1-23(21(27)15-10-11-15)18-8-3-2-7-17(18)20(26)22-16-6-4-5-14(13-16)9-12-19(24)25/h2-8,13,15H,9-12H2,1H3,(H,22,26)(H,24,25). The maximum absolute atomic E-state index is 12.8. The Kier molecular flexibility index (Phi) is 5.54. The fourth-order valence-electron chi connectivity index (χ4n) is 2.94. The Morgan fingerprint density at radius 1 is 1.11 bits per heavy atom. The molecule has 1 aliphatic rings. The molecule has 3 rings (SSSR count). The van der Waals surface area contributed by atoms with Crippen LogP contribution in [-0.4, -0.2) is 29.9 Å². The summed E-state index contributed by atoms with van der Waals surface area (Å²) in [6.07, 6.45) is 2.24. The van der Waals surface area contributed by atoms with Gasteiger partial charge in [-0.1, -0.05) is 24.3 Å². The Balaban J connectivity index is 1.76. The zero-order chi connectivity index (χ0) is 19.4. The average Bonchev–Trinajstić information content (AvgIpc) is 3.50. The molecule has 0 heterocycles. The molecule has 1 fully saturated rings. The number of carbonyl (C=O) groups excluding carboxylic acids is 2. The maximum Gasteiger partial charge on any atom is 0.303 e. The van der Waals surface area contributed by atoms with Crippen molar-refractivity contribution in [2.45, 2.75) is 25.7 Å². The molecule has 2 N–H and O–H groups in total. The number of carboxylic acids is 1. The Morgan fingerprint density at radius 2 is 1.85 bits per heavy atom. The summed E-state index contributed by atoms with van der Waals surface area (Å²) in [5, 5.41) is 11.6. The summed E-state index contributed by atoms with van der Waals surface area (Å²) in [4.78, 5) is 37.4. The third-order valence-corrected chi connectivity index (χ3v) is 4.58. The lowest BCUT2D eigenvalue weighted by molar-refractivity contribution is -0.137. The van der Waals surface area contributed by atoms with E-state index in [0.29, 0.717) is 23.4 Å². The number of para-hydroxylation sites is 1. The fourth-order valence-corrected chi connectivity index (χ4v) is 2.94. The summed E-state index contributed by atoms with van der Waals surface area (Å²) in [6.45, 7) is 0. The topological polar surface area (TPSA) is 86.7 Å². The largest absolute Gasteiger partial charge is 0.481 e. The minimum Gasteiger partial charge on any atom is -0.481 e. The monoisotopic (exact) mass is 366 g/mol. The highest BCUT2D eigenvalue weighted by Crippen LogP contribution is 2.33. The van der Waals surface area contributed by atoms with Crippen LogP contribution in [0.4, 0.5) is 11.4 Å². The summed E-state index contributed by atoms with van der Waals surface area (Å²) in [6, 6.07) is 14.1. The van der Waals surface area contributed by atoms with Crippen molar-refractivity contribution in [1.82, 2.24) is 0 Å². The minimum atomic E-state index is -0.860. The van der Waals surface area contributed by atoms with E-state index in [4.69, 9.17) is 5.11 Å². The third kappa shape index (κ3) is 4.73. The SMILES string of the molecule is CN(C(=O)C1CC1)c1ccccc1C(=O)Nc1cccc(CCC(=O)O)c1. The van der Waals surface area contributed by atoms with Crippen molar-refractivity contribution in [3.63, 3.8) is 0 Å². The molecular formula is C21H22N2O4. The maximum atomic E-state index is 12.8. The molecule has 0 spiro atoms. The van der Waals surface area contributed by atoms with Crippen LogP contribution in [-0.2, 0) is 16.0 Å². The number of anilines is 2. The molecule has 1 saturated carbocycles. The number of rotatable bonds is 7. The third-order valence-electron chi connectivity index (χ3n) is 4.58. The van der Waals surface area contributed by atoms with Crippen LogP contribution < -0.4 is 10.2 Å². The van der Waals surface area contributed by atoms with E-state index in [-0.39, 0.29) is 24.2 Å². The van der Waals surface area contributed by atoms with Gasteiger partial charge in [-0.25, -0.2) is 0 Å². The van der Waals surface area contributed by atoms with Crippen LogP contribution in [0, 0.1) is 5.92 Å². The summed E-state index contributed by atoms with van der Waals surface area (Å²) in [5.74, 6) is -1.07. The second-order valence-electron chi connectivity index (χ2n) is 6.74. The van der Waals surface area contributed by atoms with Crippen molar-refractivity contribution in [1.29, 1.82) is 0 Å². The van der Waals surface area contributed by atoms with E-state index in [0.717, 1.165) is 18.4 Å². The number of carbonyl (C=O) groups is 3. The number of carboxylic acid groups (broad SMARTS) is 1. The molecule has 27 heavy (non-hydrogen) atoms. The highest BCUT2D eigenvalue weighted by molar-refractivity contribution is 6.10. The van der Waals surface area contributed by atoms with Crippen LogP contribution >= 0.6 is 0 Å². The number of aliphatic carboxylic acids is 1. The predicted molar refractivity (Wildman–Crippen MR) is 103 cm³/mol. The number of aryl methyl sites for hydroxylation is 1. The smallest absolute Gasteiger partial charge is 0.303 e. The van der Waals surface area contributed by atoms with E-state index in [9.17, 15) is 14.4 Å². The zero-order valence-corrected chi connectivity index (χ0v) is 15.1. The van der Waals surface area contributed by atoms with Gasteiger partial charge in [0.25, 0.3) is 5.91 Å².